The summed E-state index contributed by atoms with van der Waals surface area (Å²) in [4.78, 5) is 25.1. The number of rotatable bonds is 6. The number of carboxylic acid groups (broad SMARTS) is 2. The molecule has 0 radical (unpaired) electrons. The Morgan fingerprint density at radius 3 is 2.43 bits per heavy atom. The van der Waals surface area contributed by atoms with Gasteiger partial charge in [0, 0.05) is 18.0 Å². The molecule has 2 atom stereocenters. The molecule has 0 fully saturated rings. The summed E-state index contributed by atoms with van der Waals surface area (Å²) in [7, 11) is 1.72. The lowest BCUT2D eigenvalue weighted by atomic mass is 9.75. The van der Waals surface area contributed by atoms with Gasteiger partial charge in [-0.15, -0.1) is 0 Å². The zero-order valence-corrected chi connectivity index (χ0v) is 13.3. The molecule has 1 aliphatic carbocycles. The molecule has 122 valence electrons. The lowest BCUT2D eigenvalue weighted by Crippen LogP contribution is -2.58. The van der Waals surface area contributed by atoms with Crippen LogP contribution >= 0.6 is 0 Å². The second-order valence-corrected chi connectivity index (χ2v) is 5.80. The predicted molar refractivity (Wildman–Crippen MR) is 87.2 cm³/mol. The highest BCUT2D eigenvalue weighted by Gasteiger charge is 2.48. The highest BCUT2D eigenvalue weighted by Crippen LogP contribution is 2.35. The Balaban J connectivity index is 2.24. The van der Waals surface area contributed by atoms with Crippen molar-refractivity contribution in [3.8, 4) is 0 Å². The normalized spacial score (nSPS) is 23.6. The molecule has 0 saturated carbocycles. The van der Waals surface area contributed by atoms with Gasteiger partial charge >= 0.3 is 11.9 Å². The Morgan fingerprint density at radius 1 is 1.22 bits per heavy atom. The van der Waals surface area contributed by atoms with Gasteiger partial charge in [0.25, 0.3) is 0 Å². The van der Waals surface area contributed by atoms with E-state index in [9.17, 15) is 19.8 Å². The number of likely N-dealkylation sites (N-methyl/N-ethyl adjacent to an activating group) is 1. The number of nitrogens with zero attached hydrogens (tertiary/aromatic N) is 1. The second kappa shape index (κ2) is 6.79. The van der Waals surface area contributed by atoms with Crippen molar-refractivity contribution in [3.63, 3.8) is 0 Å². The van der Waals surface area contributed by atoms with E-state index < -0.39 is 23.4 Å². The molecule has 0 heterocycles. The van der Waals surface area contributed by atoms with Crippen molar-refractivity contribution in [2.45, 2.75) is 18.9 Å². The molecule has 1 aliphatic rings. The maximum atomic E-state index is 12.0. The minimum absolute atomic E-state index is 0.112. The summed E-state index contributed by atoms with van der Waals surface area (Å²) in [5.41, 5.74) is -0.125. The van der Waals surface area contributed by atoms with Crippen molar-refractivity contribution in [2.24, 2.45) is 5.92 Å². The summed E-state index contributed by atoms with van der Waals surface area (Å²) in [6.07, 6.45) is 5.27. The standard InChI is InChI=1S/C18H21NO4/c1-13-15(16(20)21)9-6-11-18(13,17(22)23)19(2)12-10-14-7-4-3-5-8-14/h3-9,11,13H,10,12H2,1-2H3,(H,20,21)(H,22,23). The summed E-state index contributed by atoms with van der Waals surface area (Å²) in [5.74, 6) is -2.77. The minimum Gasteiger partial charge on any atom is -0.480 e. The van der Waals surface area contributed by atoms with Crippen LogP contribution in [0.2, 0.25) is 0 Å². The van der Waals surface area contributed by atoms with Crippen LogP contribution in [0.25, 0.3) is 0 Å². The van der Waals surface area contributed by atoms with Crippen molar-refractivity contribution in [1.29, 1.82) is 0 Å². The number of benzene rings is 1. The van der Waals surface area contributed by atoms with Crippen LogP contribution in [0, 0.1) is 5.92 Å². The van der Waals surface area contributed by atoms with Crippen LogP contribution in [0.15, 0.2) is 54.1 Å². The number of carbonyl (C=O) groups is 2. The molecule has 1 aromatic rings. The first-order chi connectivity index (χ1) is 10.9. The van der Waals surface area contributed by atoms with Crippen LogP contribution < -0.4 is 0 Å². The Kier molecular flexibility index (Phi) is 5.01. The molecule has 2 unspecified atom stereocenters. The van der Waals surface area contributed by atoms with Gasteiger partial charge in [0.15, 0.2) is 0 Å². The van der Waals surface area contributed by atoms with E-state index in [1.54, 1.807) is 24.9 Å². The maximum absolute atomic E-state index is 12.0. The second-order valence-electron chi connectivity index (χ2n) is 5.80. The van der Waals surface area contributed by atoms with Gasteiger partial charge in [-0.2, -0.15) is 0 Å². The van der Waals surface area contributed by atoms with Gasteiger partial charge in [0.1, 0.15) is 5.54 Å². The zero-order valence-electron chi connectivity index (χ0n) is 13.3. The third-order valence-corrected chi connectivity index (χ3v) is 4.55. The van der Waals surface area contributed by atoms with E-state index in [2.05, 4.69) is 0 Å². The molecular weight excluding hydrogens is 294 g/mol. The Bertz CT molecular complexity index is 650. The van der Waals surface area contributed by atoms with Gasteiger partial charge in [-0.25, -0.2) is 9.59 Å². The van der Waals surface area contributed by atoms with E-state index in [0.29, 0.717) is 13.0 Å². The fourth-order valence-corrected chi connectivity index (χ4v) is 3.08. The molecule has 2 N–H and O–H groups in total. The quantitative estimate of drug-likeness (QED) is 0.841. The summed E-state index contributed by atoms with van der Waals surface area (Å²) >= 11 is 0. The van der Waals surface area contributed by atoms with Gasteiger partial charge in [0.2, 0.25) is 0 Å². The van der Waals surface area contributed by atoms with E-state index in [0.717, 1.165) is 5.56 Å². The SMILES string of the molecule is CC1C(C(=O)O)=CC=CC1(C(=O)O)N(C)CCc1ccccc1. The van der Waals surface area contributed by atoms with Gasteiger partial charge in [-0.3, -0.25) is 4.90 Å². The Hall–Kier alpha value is -2.40. The Morgan fingerprint density at radius 2 is 1.87 bits per heavy atom. The average molecular weight is 315 g/mol. The monoisotopic (exact) mass is 315 g/mol. The van der Waals surface area contributed by atoms with E-state index in [1.807, 2.05) is 30.3 Å². The maximum Gasteiger partial charge on any atom is 0.331 e. The van der Waals surface area contributed by atoms with Crippen LogP contribution in [0.1, 0.15) is 12.5 Å². The van der Waals surface area contributed by atoms with E-state index >= 15 is 0 Å². The molecule has 0 spiro atoms. The molecule has 0 saturated heterocycles. The number of hydrogen-bond donors (Lipinski definition) is 2. The zero-order chi connectivity index (χ0) is 17.0. The molecule has 23 heavy (non-hydrogen) atoms. The molecule has 5 heteroatoms. The first kappa shape index (κ1) is 17.0. The number of hydrogen-bond acceptors (Lipinski definition) is 3. The topological polar surface area (TPSA) is 77.8 Å². The fraction of sp³-hybridized carbons (Fsp3) is 0.333. The molecule has 1 aromatic carbocycles. The average Bonchev–Trinajstić information content (AvgIpc) is 2.53. The molecule has 2 rings (SSSR count). The summed E-state index contributed by atoms with van der Waals surface area (Å²) in [6.45, 7) is 2.16. The van der Waals surface area contributed by atoms with Gasteiger partial charge in [-0.1, -0.05) is 55.5 Å². The first-order valence-corrected chi connectivity index (χ1v) is 7.51. The largest absolute Gasteiger partial charge is 0.480 e. The summed E-state index contributed by atoms with van der Waals surface area (Å²) < 4.78 is 0. The van der Waals surface area contributed by atoms with Crippen LogP contribution in [0.5, 0.6) is 0 Å². The molecule has 5 nitrogen and oxygen atoms in total. The predicted octanol–water partition coefficient (Wildman–Crippen LogP) is 2.20. The van der Waals surface area contributed by atoms with Crippen LogP contribution in [0.3, 0.4) is 0 Å². The van der Waals surface area contributed by atoms with Crippen molar-refractivity contribution < 1.29 is 19.8 Å². The molecule has 0 bridgehead atoms. The lowest BCUT2D eigenvalue weighted by molar-refractivity contribution is -0.150. The van der Waals surface area contributed by atoms with Crippen LogP contribution in [-0.2, 0) is 16.0 Å². The van der Waals surface area contributed by atoms with Crippen LogP contribution in [0.4, 0.5) is 0 Å². The fourth-order valence-electron chi connectivity index (χ4n) is 3.08. The van der Waals surface area contributed by atoms with E-state index in [-0.39, 0.29) is 5.57 Å². The number of allylic oxidation sites excluding steroid dienone is 2. The number of carboxylic acids is 2. The smallest absolute Gasteiger partial charge is 0.331 e. The highest BCUT2D eigenvalue weighted by atomic mass is 16.4. The van der Waals surface area contributed by atoms with Crippen molar-refractivity contribution in [2.75, 3.05) is 13.6 Å². The third-order valence-electron chi connectivity index (χ3n) is 4.55. The summed E-state index contributed by atoms with van der Waals surface area (Å²) in [6, 6.07) is 9.79. The Labute approximate surface area is 135 Å². The minimum atomic E-state index is -1.35. The van der Waals surface area contributed by atoms with Crippen LogP contribution in [-0.4, -0.2) is 46.2 Å². The van der Waals surface area contributed by atoms with Gasteiger partial charge < -0.3 is 10.2 Å². The number of aliphatic carboxylic acids is 2. The molecule has 0 aliphatic heterocycles. The van der Waals surface area contributed by atoms with Gasteiger partial charge in [0.05, 0.1) is 0 Å². The first-order valence-electron chi connectivity index (χ1n) is 7.51. The summed E-state index contributed by atoms with van der Waals surface area (Å²) in [5, 5.41) is 19.1. The third kappa shape index (κ3) is 3.19. The molecule has 0 amide bonds. The van der Waals surface area contributed by atoms with E-state index in [1.165, 1.54) is 12.2 Å². The highest BCUT2D eigenvalue weighted by molar-refractivity contribution is 5.92. The van der Waals surface area contributed by atoms with Crippen molar-refractivity contribution >= 4 is 11.9 Å². The van der Waals surface area contributed by atoms with E-state index in [4.69, 9.17) is 0 Å². The molecule has 0 aromatic heterocycles. The molecular formula is C18H21NO4. The van der Waals surface area contributed by atoms with Gasteiger partial charge in [-0.05, 0) is 19.0 Å². The lowest BCUT2D eigenvalue weighted by Gasteiger charge is -2.42. The van der Waals surface area contributed by atoms with Crippen molar-refractivity contribution in [3.05, 3.63) is 59.7 Å². The van der Waals surface area contributed by atoms with Crippen molar-refractivity contribution in [1.82, 2.24) is 4.90 Å².